The Hall–Kier alpha value is -0.470. The molecular formula is C16H25NS. The zero-order valence-corrected chi connectivity index (χ0v) is 12.3. The van der Waals surface area contributed by atoms with Crippen molar-refractivity contribution in [3.05, 3.63) is 35.9 Å². The molecule has 1 fully saturated rings. The molecule has 0 bridgehead atoms. The zero-order chi connectivity index (χ0) is 13.0. The Kier molecular flexibility index (Phi) is 5.13. The van der Waals surface area contributed by atoms with Crippen molar-refractivity contribution in [1.29, 1.82) is 0 Å². The average Bonchev–Trinajstić information content (AvgIpc) is 2.38. The molecule has 0 aliphatic heterocycles. The maximum absolute atomic E-state index is 6.28. The maximum Gasteiger partial charge on any atom is 0.0205 e. The van der Waals surface area contributed by atoms with Gasteiger partial charge in [-0.05, 0) is 36.7 Å². The molecule has 2 heteroatoms. The summed E-state index contributed by atoms with van der Waals surface area (Å²) in [5.41, 5.74) is 7.70. The average molecular weight is 263 g/mol. The van der Waals surface area contributed by atoms with Crippen LogP contribution in [0.25, 0.3) is 0 Å². The van der Waals surface area contributed by atoms with Crippen molar-refractivity contribution < 1.29 is 0 Å². The van der Waals surface area contributed by atoms with Crippen LogP contribution in [-0.2, 0) is 5.75 Å². The first kappa shape index (κ1) is 14.0. The summed E-state index contributed by atoms with van der Waals surface area (Å²) in [7, 11) is 0. The molecule has 3 atom stereocenters. The highest BCUT2D eigenvalue weighted by atomic mass is 32.2. The lowest BCUT2D eigenvalue weighted by atomic mass is 9.79. The third kappa shape index (κ3) is 3.76. The molecule has 18 heavy (non-hydrogen) atoms. The summed E-state index contributed by atoms with van der Waals surface area (Å²) < 4.78 is 0. The molecule has 0 saturated heterocycles. The molecule has 1 aromatic rings. The van der Waals surface area contributed by atoms with E-state index in [4.69, 9.17) is 5.73 Å². The second-order valence-electron chi connectivity index (χ2n) is 5.82. The molecule has 1 aliphatic rings. The SMILES string of the molecule is CC(C)C1CCC(N)C(SCc2ccccc2)C1. The van der Waals surface area contributed by atoms with E-state index in [0.717, 1.165) is 17.6 Å². The van der Waals surface area contributed by atoms with E-state index in [2.05, 4.69) is 55.9 Å². The highest BCUT2D eigenvalue weighted by Gasteiger charge is 2.29. The molecule has 1 aliphatic carbocycles. The van der Waals surface area contributed by atoms with Crippen LogP contribution in [0.4, 0.5) is 0 Å². The Morgan fingerprint density at radius 1 is 1.22 bits per heavy atom. The summed E-state index contributed by atoms with van der Waals surface area (Å²) in [6, 6.07) is 11.1. The summed E-state index contributed by atoms with van der Waals surface area (Å²) in [4.78, 5) is 0. The summed E-state index contributed by atoms with van der Waals surface area (Å²) >= 11 is 2.05. The van der Waals surface area contributed by atoms with Crippen molar-refractivity contribution >= 4 is 11.8 Å². The van der Waals surface area contributed by atoms with Crippen LogP contribution in [0.1, 0.15) is 38.7 Å². The van der Waals surface area contributed by atoms with Gasteiger partial charge in [-0.2, -0.15) is 11.8 Å². The first-order chi connectivity index (χ1) is 8.66. The van der Waals surface area contributed by atoms with Crippen LogP contribution < -0.4 is 5.73 Å². The fraction of sp³-hybridized carbons (Fsp3) is 0.625. The highest BCUT2D eigenvalue weighted by molar-refractivity contribution is 7.99. The molecule has 0 aromatic heterocycles. The van der Waals surface area contributed by atoms with Gasteiger partial charge in [-0.1, -0.05) is 44.2 Å². The van der Waals surface area contributed by atoms with E-state index in [-0.39, 0.29) is 0 Å². The molecule has 2 rings (SSSR count). The molecule has 0 radical (unpaired) electrons. The number of nitrogens with two attached hydrogens (primary N) is 1. The largest absolute Gasteiger partial charge is 0.327 e. The van der Waals surface area contributed by atoms with Gasteiger partial charge in [0.2, 0.25) is 0 Å². The molecule has 1 aromatic carbocycles. The second kappa shape index (κ2) is 6.63. The van der Waals surface area contributed by atoms with Gasteiger partial charge in [-0.15, -0.1) is 0 Å². The van der Waals surface area contributed by atoms with E-state index in [0.29, 0.717) is 11.3 Å². The molecule has 0 heterocycles. The zero-order valence-electron chi connectivity index (χ0n) is 11.5. The summed E-state index contributed by atoms with van der Waals surface area (Å²) in [6.45, 7) is 4.70. The van der Waals surface area contributed by atoms with E-state index in [1.54, 1.807) is 0 Å². The first-order valence-electron chi connectivity index (χ1n) is 7.08. The van der Waals surface area contributed by atoms with Crippen molar-refractivity contribution in [2.45, 2.75) is 50.2 Å². The van der Waals surface area contributed by atoms with E-state index in [1.165, 1.54) is 24.8 Å². The summed E-state index contributed by atoms with van der Waals surface area (Å²) in [6.07, 6.45) is 3.83. The number of benzene rings is 1. The van der Waals surface area contributed by atoms with E-state index < -0.39 is 0 Å². The van der Waals surface area contributed by atoms with Crippen LogP contribution >= 0.6 is 11.8 Å². The highest BCUT2D eigenvalue weighted by Crippen LogP contribution is 2.36. The minimum absolute atomic E-state index is 0.397. The van der Waals surface area contributed by atoms with Gasteiger partial charge in [0.05, 0.1) is 0 Å². The van der Waals surface area contributed by atoms with Crippen LogP contribution in [0.3, 0.4) is 0 Å². The minimum Gasteiger partial charge on any atom is -0.327 e. The lowest BCUT2D eigenvalue weighted by molar-refractivity contribution is 0.266. The fourth-order valence-electron chi connectivity index (χ4n) is 2.76. The lowest BCUT2D eigenvalue weighted by Gasteiger charge is -2.35. The Morgan fingerprint density at radius 2 is 1.94 bits per heavy atom. The molecule has 1 nitrogen and oxygen atoms in total. The molecule has 0 amide bonds. The summed E-state index contributed by atoms with van der Waals surface area (Å²) in [5, 5.41) is 0.645. The standard InChI is InChI=1S/C16H25NS/c1-12(2)14-8-9-15(17)16(10-14)18-11-13-6-4-3-5-7-13/h3-7,12,14-16H,8-11,17H2,1-2H3. The predicted octanol–water partition coefficient (Wildman–Crippen LogP) is 4.07. The third-order valence-electron chi connectivity index (χ3n) is 4.13. The van der Waals surface area contributed by atoms with Crippen LogP contribution in [0.5, 0.6) is 0 Å². The van der Waals surface area contributed by atoms with Crippen LogP contribution in [0, 0.1) is 11.8 Å². The van der Waals surface area contributed by atoms with E-state index >= 15 is 0 Å². The fourth-order valence-corrected chi connectivity index (χ4v) is 4.12. The van der Waals surface area contributed by atoms with Gasteiger partial charge in [0.15, 0.2) is 0 Å². The maximum atomic E-state index is 6.28. The van der Waals surface area contributed by atoms with Gasteiger partial charge in [-0.25, -0.2) is 0 Å². The first-order valence-corrected chi connectivity index (χ1v) is 8.13. The van der Waals surface area contributed by atoms with Gasteiger partial charge in [0.25, 0.3) is 0 Å². The number of thioether (sulfide) groups is 1. The van der Waals surface area contributed by atoms with Crippen molar-refractivity contribution in [2.24, 2.45) is 17.6 Å². The molecule has 100 valence electrons. The van der Waals surface area contributed by atoms with Crippen LogP contribution in [0.2, 0.25) is 0 Å². The van der Waals surface area contributed by atoms with Gasteiger partial charge >= 0.3 is 0 Å². The number of rotatable bonds is 4. The quantitative estimate of drug-likeness (QED) is 0.886. The van der Waals surface area contributed by atoms with Crippen molar-refractivity contribution in [3.63, 3.8) is 0 Å². The van der Waals surface area contributed by atoms with Gasteiger partial charge in [0, 0.05) is 17.0 Å². The second-order valence-corrected chi connectivity index (χ2v) is 7.04. The molecule has 0 spiro atoms. The van der Waals surface area contributed by atoms with Gasteiger partial charge in [0.1, 0.15) is 0 Å². The monoisotopic (exact) mass is 263 g/mol. The smallest absolute Gasteiger partial charge is 0.0205 e. The predicted molar refractivity (Wildman–Crippen MR) is 81.7 cm³/mol. The van der Waals surface area contributed by atoms with Crippen molar-refractivity contribution in [3.8, 4) is 0 Å². The Labute approximate surface area is 116 Å². The summed E-state index contributed by atoms with van der Waals surface area (Å²) in [5.74, 6) is 2.78. The minimum atomic E-state index is 0.397. The lowest BCUT2D eigenvalue weighted by Crippen LogP contribution is -2.39. The van der Waals surface area contributed by atoms with Crippen LogP contribution in [-0.4, -0.2) is 11.3 Å². The Morgan fingerprint density at radius 3 is 2.61 bits per heavy atom. The van der Waals surface area contributed by atoms with Gasteiger partial charge < -0.3 is 5.73 Å². The molecule has 1 saturated carbocycles. The van der Waals surface area contributed by atoms with E-state index in [9.17, 15) is 0 Å². The Bertz CT molecular complexity index is 349. The van der Waals surface area contributed by atoms with E-state index in [1.807, 2.05) is 0 Å². The van der Waals surface area contributed by atoms with Crippen molar-refractivity contribution in [1.82, 2.24) is 0 Å². The van der Waals surface area contributed by atoms with Crippen LogP contribution in [0.15, 0.2) is 30.3 Å². The van der Waals surface area contributed by atoms with Crippen molar-refractivity contribution in [2.75, 3.05) is 0 Å². The topological polar surface area (TPSA) is 26.0 Å². The Balaban J connectivity index is 1.87. The molecule has 3 unspecified atom stereocenters. The third-order valence-corrected chi connectivity index (χ3v) is 5.60. The molecule has 2 N–H and O–H groups in total. The number of hydrogen-bond donors (Lipinski definition) is 1. The molecular weight excluding hydrogens is 238 g/mol. The normalized spacial score (nSPS) is 28.6. The van der Waals surface area contributed by atoms with Gasteiger partial charge in [-0.3, -0.25) is 0 Å². The number of hydrogen-bond acceptors (Lipinski definition) is 2.